The lowest BCUT2D eigenvalue weighted by Gasteiger charge is -2.30. The Morgan fingerprint density at radius 2 is 2.09 bits per heavy atom. The van der Waals surface area contributed by atoms with E-state index >= 15 is 0 Å². The zero-order valence-electron chi connectivity index (χ0n) is 13.8. The van der Waals surface area contributed by atoms with E-state index in [1.165, 1.54) is 11.1 Å². The predicted molar refractivity (Wildman–Crippen MR) is 86.6 cm³/mol. The summed E-state index contributed by atoms with van der Waals surface area (Å²) in [6.45, 7) is 6.76. The first-order valence-corrected chi connectivity index (χ1v) is 8.05. The summed E-state index contributed by atoms with van der Waals surface area (Å²) in [5, 5.41) is 9.13. The molecule has 0 saturated heterocycles. The molecule has 4 heteroatoms. The van der Waals surface area contributed by atoms with Gasteiger partial charge in [0.1, 0.15) is 5.60 Å². The van der Waals surface area contributed by atoms with Crippen LogP contribution in [0.1, 0.15) is 50.8 Å². The van der Waals surface area contributed by atoms with Crippen molar-refractivity contribution >= 4 is 5.97 Å². The second kappa shape index (κ2) is 7.25. The first-order valence-electron chi connectivity index (χ1n) is 8.05. The van der Waals surface area contributed by atoms with Crippen LogP contribution in [0.2, 0.25) is 0 Å². The number of aliphatic hydroxyl groups is 1. The summed E-state index contributed by atoms with van der Waals surface area (Å²) in [5.74, 6) is -0.199. The molecule has 0 spiro atoms. The molecule has 1 aliphatic rings. The second-order valence-electron chi connectivity index (χ2n) is 6.89. The van der Waals surface area contributed by atoms with Crippen molar-refractivity contribution in [1.29, 1.82) is 0 Å². The molecular formula is C18H27NO3. The Balaban J connectivity index is 2.08. The number of hydrogen-bond donors (Lipinski definition) is 1. The first kappa shape index (κ1) is 17.0. The van der Waals surface area contributed by atoms with Gasteiger partial charge in [0.15, 0.2) is 0 Å². The third kappa shape index (κ3) is 4.55. The number of carbonyl (C=O) groups excluding carboxylic acids is 1. The van der Waals surface area contributed by atoms with Gasteiger partial charge < -0.3 is 9.84 Å². The molecule has 22 heavy (non-hydrogen) atoms. The number of esters is 1. The van der Waals surface area contributed by atoms with Gasteiger partial charge in [0, 0.05) is 19.2 Å². The molecule has 1 unspecified atom stereocenters. The topological polar surface area (TPSA) is 49.8 Å². The summed E-state index contributed by atoms with van der Waals surface area (Å²) in [6, 6.07) is 8.67. The van der Waals surface area contributed by atoms with Crippen LogP contribution in [0.5, 0.6) is 0 Å². The Bertz CT molecular complexity index is 507. The normalized spacial score (nSPS) is 17.6. The van der Waals surface area contributed by atoms with Crippen molar-refractivity contribution in [3.8, 4) is 0 Å². The lowest BCUT2D eigenvalue weighted by atomic mass is 10.1. The third-order valence-corrected chi connectivity index (χ3v) is 3.90. The van der Waals surface area contributed by atoms with E-state index in [-0.39, 0.29) is 25.2 Å². The lowest BCUT2D eigenvalue weighted by molar-refractivity contribution is -0.156. The van der Waals surface area contributed by atoms with Crippen molar-refractivity contribution in [2.75, 3.05) is 19.7 Å². The van der Waals surface area contributed by atoms with E-state index in [1.54, 1.807) is 0 Å². The van der Waals surface area contributed by atoms with Crippen LogP contribution in [-0.2, 0) is 16.0 Å². The molecular weight excluding hydrogens is 278 g/mol. The van der Waals surface area contributed by atoms with Gasteiger partial charge in [-0.05, 0) is 51.2 Å². The minimum Gasteiger partial charge on any atom is -0.459 e. The van der Waals surface area contributed by atoms with E-state index in [2.05, 4.69) is 29.2 Å². The van der Waals surface area contributed by atoms with Crippen LogP contribution >= 0.6 is 0 Å². The smallest absolute Gasteiger partial charge is 0.320 e. The Hall–Kier alpha value is -1.39. The first-order chi connectivity index (χ1) is 10.4. The monoisotopic (exact) mass is 305 g/mol. The fourth-order valence-corrected chi connectivity index (χ4v) is 3.07. The number of fused-ring (bicyclic) bond motifs is 1. The number of benzene rings is 1. The highest BCUT2D eigenvalue weighted by Gasteiger charge is 2.29. The van der Waals surface area contributed by atoms with E-state index in [0.717, 1.165) is 12.8 Å². The Kier molecular flexibility index (Phi) is 5.59. The maximum Gasteiger partial charge on any atom is 0.320 e. The van der Waals surface area contributed by atoms with Gasteiger partial charge in [-0.25, -0.2) is 0 Å². The van der Waals surface area contributed by atoms with Crippen LogP contribution in [-0.4, -0.2) is 41.3 Å². The van der Waals surface area contributed by atoms with Gasteiger partial charge >= 0.3 is 5.97 Å². The average Bonchev–Trinajstić information content (AvgIpc) is 2.85. The molecule has 0 aliphatic heterocycles. The third-order valence-electron chi connectivity index (χ3n) is 3.90. The van der Waals surface area contributed by atoms with Gasteiger partial charge in [0.2, 0.25) is 0 Å². The van der Waals surface area contributed by atoms with E-state index in [1.807, 2.05) is 20.8 Å². The molecule has 0 bridgehead atoms. The van der Waals surface area contributed by atoms with Crippen LogP contribution < -0.4 is 0 Å². The number of rotatable bonds is 6. The molecule has 1 N–H and O–H groups in total. The van der Waals surface area contributed by atoms with Gasteiger partial charge in [-0.1, -0.05) is 24.3 Å². The van der Waals surface area contributed by atoms with Crippen molar-refractivity contribution < 1.29 is 14.6 Å². The highest BCUT2D eigenvalue weighted by molar-refractivity contribution is 5.72. The molecule has 1 aliphatic carbocycles. The summed E-state index contributed by atoms with van der Waals surface area (Å²) in [6.07, 6.45) is 2.74. The van der Waals surface area contributed by atoms with E-state index < -0.39 is 5.60 Å². The molecule has 0 radical (unpaired) electrons. The van der Waals surface area contributed by atoms with Crippen molar-refractivity contribution in [3.05, 3.63) is 35.4 Å². The number of aryl methyl sites for hydroxylation is 1. The molecule has 0 amide bonds. The van der Waals surface area contributed by atoms with Gasteiger partial charge in [-0.15, -0.1) is 0 Å². The Morgan fingerprint density at radius 3 is 2.77 bits per heavy atom. The maximum atomic E-state index is 12.2. The molecule has 2 rings (SSSR count). The molecule has 0 fully saturated rings. The number of nitrogens with zero attached hydrogens (tertiary/aromatic N) is 1. The molecule has 1 atom stereocenters. The average molecular weight is 305 g/mol. The van der Waals surface area contributed by atoms with Gasteiger partial charge in [-0.2, -0.15) is 0 Å². The van der Waals surface area contributed by atoms with E-state index in [0.29, 0.717) is 13.0 Å². The zero-order chi connectivity index (χ0) is 16.2. The second-order valence-corrected chi connectivity index (χ2v) is 6.89. The summed E-state index contributed by atoms with van der Waals surface area (Å²) in [4.78, 5) is 14.3. The lowest BCUT2D eigenvalue weighted by Crippen LogP contribution is -2.37. The largest absolute Gasteiger partial charge is 0.459 e. The molecule has 0 aromatic heterocycles. The quantitative estimate of drug-likeness (QED) is 0.821. The van der Waals surface area contributed by atoms with E-state index in [9.17, 15) is 4.79 Å². The summed E-state index contributed by atoms with van der Waals surface area (Å²) in [5.41, 5.74) is 2.21. The fraction of sp³-hybridized carbons (Fsp3) is 0.611. The Morgan fingerprint density at radius 1 is 1.36 bits per heavy atom. The summed E-state index contributed by atoms with van der Waals surface area (Å²) < 4.78 is 5.45. The van der Waals surface area contributed by atoms with Crippen LogP contribution in [0.4, 0.5) is 0 Å². The highest BCUT2D eigenvalue weighted by Crippen LogP contribution is 2.35. The standard InChI is InChI=1S/C18H27NO3/c1-18(2,3)22-17(21)13-19(11-6-12-20)16-10-9-14-7-4-5-8-15(14)16/h4-5,7-8,16,20H,6,9-13H2,1-3H3. The van der Waals surface area contributed by atoms with Crippen molar-refractivity contribution in [2.24, 2.45) is 0 Å². The molecule has 4 nitrogen and oxygen atoms in total. The van der Waals surface area contributed by atoms with Crippen molar-refractivity contribution in [3.63, 3.8) is 0 Å². The van der Waals surface area contributed by atoms with Gasteiger partial charge in [0.05, 0.1) is 6.54 Å². The highest BCUT2D eigenvalue weighted by atomic mass is 16.6. The predicted octanol–water partition coefficient (Wildman–Crippen LogP) is 2.70. The minimum atomic E-state index is -0.465. The molecule has 1 aromatic carbocycles. The SMILES string of the molecule is CC(C)(C)OC(=O)CN(CCCO)C1CCc2ccccc21. The van der Waals surface area contributed by atoms with Gasteiger partial charge in [-0.3, -0.25) is 9.69 Å². The molecule has 122 valence electrons. The number of ether oxygens (including phenoxy) is 1. The van der Waals surface area contributed by atoms with Crippen molar-refractivity contribution in [2.45, 2.75) is 51.7 Å². The van der Waals surface area contributed by atoms with Crippen molar-refractivity contribution in [1.82, 2.24) is 4.90 Å². The minimum absolute atomic E-state index is 0.138. The zero-order valence-corrected chi connectivity index (χ0v) is 13.8. The van der Waals surface area contributed by atoms with E-state index in [4.69, 9.17) is 9.84 Å². The number of aliphatic hydroxyl groups excluding tert-OH is 1. The van der Waals surface area contributed by atoms with Crippen LogP contribution in [0.3, 0.4) is 0 Å². The van der Waals surface area contributed by atoms with Gasteiger partial charge in [0.25, 0.3) is 0 Å². The summed E-state index contributed by atoms with van der Waals surface area (Å²) >= 11 is 0. The van der Waals surface area contributed by atoms with Crippen LogP contribution in [0, 0.1) is 0 Å². The van der Waals surface area contributed by atoms with Crippen LogP contribution in [0.25, 0.3) is 0 Å². The number of hydrogen-bond acceptors (Lipinski definition) is 4. The maximum absolute atomic E-state index is 12.2. The fourth-order valence-electron chi connectivity index (χ4n) is 3.07. The van der Waals surface area contributed by atoms with Crippen LogP contribution in [0.15, 0.2) is 24.3 Å². The molecule has 1 aromatic rings. The summed E-state index contributed by atoms with van der Waals surface area (Å²) in [7, 11) is 0. The number of carbonyl (C=O) groups is 1. The Labute approximate surface area is 133 Å². The molecule has 0 saturated carbocycles. The molecule has 0 heterocycles.